The lowest BCUT2D eigenvalue weighted by Crippen LogP contribution is -2.23. The third-order valence-corrected chi connectivity index (χ3v) is 4.03. The highest BCUT2D eigenvalue weighted by atomic mass is 79.9. The Morgan fingerprint density at radius 3 is 2.84 bits per heavy atom. The maximum atomic E-state index is 12.1. The summed E-state index contributed by atoms with van der Waals surface area (Å²) >= 11 is 3.44. The molecule has 0 bridgehead atoms. The molecule has 0 saturated carbocycles. The second kappa shape index (κ2) is 4.85. The van der Waals surface area contributed by atoms with Gasteiger partial charge in [0.1, 0.15) is 0 Å². The van der Waals surface area contributed by atoms with E-state index >= 15 is 0 Å². The fraction of sp³-hybridized carbons (Fsp3) is 0.267. The number of benzene rings is 1. The average Bonchev–Trinajstić information content (AvgIpc) is 2.80. The minimum atomic E-state index is 0.0687. The van der Waals surface area contributed by atoms with Crippen LogP contribution in [0.5, 0.6) is 0 Å². The Kier molecular flexibility index (Phi) is 3.19. The van der Waals surface area contributed by atoms with Crippen LogP contribution in [0.15, 0.2) is 39.6 Å². The number of halogens is 1. The first kappa shape index (κ1) is 12.5. The molecule has 1 heterocycles. The van der Waals surface area contributed by atoms with Crippen LogP contribution in [0.25, 0.3) is 0 Å². The van der Waals surface area contributed by atoms with Crippen LogP contribution < -0.4 is 11.3 Å². The first-order valence-corrected chi connectivity index (χ1v) is 7.19. The maximum Gasteiger partial charge on any atom is 0.251 e. The van der Waals surface area contributed by atoms with Crippen molar-refractivity contribution in [1.82, 2.24) is 4.57 Å². The van der Waals surface area contributed by atoms with Crippen LogP contribution in [-0.2, 0) is 19.4 Å². The quantitative estimate of drug-likeness (QED) is 0.865. The zero-order valence-corrected chi connectivity index (χ0v) is 12.1. The van der Waals surface area contributed by atoms with Crippen molar-refractivity contribution >= 4 is 21.6 Å². The third kappa shape index (κ3) is 2.45. The summed E-state index contributed by atoms with van der Waals surface area (Å²) in [7, 11) is 0. The molecule has 0 aliphatic heterocycles. The second-order valence-electron chi connectivity index (χ2n) is 4.98. The smallest absolute Gasteiger partial charge is 0.251 e. The number of hydrogen-bond acceptors (Lipinski definition) is 2. The fourth-order valence-corrected chi connectivity index (χ4v) is 3.31. The Labute approximate surface area is 120 Å². The lowest BCUT2D eigenvalue weighted by molar-refractivity contribution is 0.707. The van der Waals surface area contributed by atoms with Crippen LogP contribution in [0.3, 0.4) is 0 Å². The predicted molar refractivity (Wildman–Crippen MR) is 80.4 cm³/mol. The van der Waals surface area contributed by atoms with Gasteiger partial charge in [0.2, 0.25) is 0 Å². The van der Waals surface area contributed by atoms with Gasteiger partial charge in [-0.1, -0.05) is 22.0 Å². The van der Waals surface area contributed by atoms with Crippen LogP contribution >= 0.6 is 15.9 Å². The zero-order chi connectivity index (χ0) is 13.4. The van der Waals surface area contributed by atoms with E-state index in [2.05, 4.69) is 15.9 Å². The minimum Gasteiger partial charge on any atom is -0.399 e. The fourth-order valence-electron chi connectivity index (χ4n) is 2.76. The molecule has 0 atom stereocenters. The summed E-state index contributed by atoms with van der Waals surface area (Å²) in [4.78, 5) is 12.1. The molecule has 0 amide bonds. The van der Waals surface area contributed by atoms with Crippen LogP contribution in [0.1, 0.15) is 23.2 Å². The Balaban J connectivity index is 2.04. The van der Waals surface area contributed by atoms with E-state index in [1.54, 1.807) is 6.07 Å². The second-order valence-corrected chi connectivity index (χ2v) is 5.89. The van der Waals surface area contributed by atoms with Crippen LogP contribution in [0, 0.1) is 0 Å². The lowest BCUT2D eigenvalue weighted by Gasteiger charge is -2.12. The summed E-state index contributed by atoms with van der Waals surface area (Å²) in [5, 5.41) is 0. The molecule has 1 aliphatic carbocycles. The summed E-state index contributed by atoms with van der Waals surface area (Å²) < 4.78 is 2.83. The van der Waals surface area contributed by atoms with Crippen molar-refractivity contribution in [2.24, 2.45) is 0 Å². The van der Waals surface area contributed by atoms with E-state index in [4.69, 9.17) is 5.73 Å². The summed E-state index contributed by atoms with van der Waals surface area (Å²) in [6, 6.07) is 9.44. The highest BCUT2D eigenvalue weighted by Crippen LogP contribution is 2.22. The van der Waals surface area contributed by atoms with Gasteiger partial charge in [0.05, 0.1) is 6.54 Å². The van der Waals surface area contributed by atoms with Gasteiger partial charge in [-0.15, -0.1) is 0 Å². The van der Waals surface area contributed by atoms with Crippen molar-refractivity contribution < 1.29 is 0 Å². The van der Waals surface area contributed by atoms with Gasteiger partial charge in [-0.2, -0.15) is 0 Å². The number of aryl methyl sites for hydroxylation is 1. The standard InChI is InChI=1S/C15H15BrN2O/c16-12-6-10(7-13(17)8-12)9-18-14-3-1-2-11(14)4-5-15(18)19/h4-8H,1-3,9,17H2. The van der Waals surface area contributed by atoms with Crippen molar-refractivity contribution in [1.29, 1.82) is 0 Å². The van der Waals surface area contributed by atoms with Gasteiger partial charge < -0.3 is 10.3 Å². The molecule has 1 aliphatic rings. The highest BCUT2D eigenvalue weighted by molar-refractivity contribution is 9.10. The monoisotopic (exact) mass is 318 g/mol. The van der Waals surface area contributed by atoms with E-state index in [-0.39, 0.29) is 5.56 Å². The largest absolute Gasteiger partial charge is 0.399 e. The predicted octanol–water partition coefficient (Wildman–Crippen LogP) is 2.73. The van der Waals surface area contributed by atoms with E-state index in [0.29, 0.717) is 12.2 Å². The molecule has 2 aromatic rings. The number of pyridine rings is 1. The molecule has 0 unspecified atom stereocenters. The maximum absolute atomic E-state index is 12.1. The first-order chi connectivity index (χ1) is 9.13. The zero-order valence-electron chi connectivity index (χ0n) is 10.5. The van der Waals surface area contributed by atoms with Gasteiger partial charge in [0.15, 0.2) is 0 Å². The summed E-state index contributed by atoms with van der Waals surface area (Å²) in [5.74, 6) is 0. The number of rotatable bonds is 2. The molecular formula is C15H15BrN2O. The Morgan fingerprint density at radius 2 is 2.05 bits per heavy atom. The molecule has 4 heteroatoms. The average molecular weight is 319 g/mol. The SMILES string of the molecule is Nc1cc(Br)cc(Cn2c3c(ccc2=O)CCC3)c1. The van der Waals surface area contributed by atoms with E-state index < -0.39 is 0 Å². The number of fused-ring (bicyclic) bond motifs is 1. The Bertz CT molecular complexity index is 671. The van der Waals surface area contributed by atoms with Crippen molar-refractivity contribution in [2.45, 2.75) is 25.8 Å². The number of nitrogens with zero attached hydrogens (tertiary/aromatic N) is 1. The van der Waals surface area contributed by atoms with Crippen molar-refractivity contribution in [3.63, 3.8) is 0 Å². The number of aromatic nitrogens is 1. The third-order valence-electron chi connectivity index (χ3n) is 3.57. The first-order valence-electron chi connectivity index (χ1n) is 6.40. The molecular weight excluding hydrogens is 304 g/mol. The van der Waals surface area contributed by atoms with Crippen LogP contribution in [0.2, 0.25) is 0 Å². The van der Waals surface area contributed by atoms with Crippen molar-refractivity contribution in [3.8, 4) is 0 Å². The molecule has 3 nitrogen and oxygen atoms in total. The van der Waals surface area contributed by atoms with Gasteiger partial charge >= 0.3 is 0 Å². The van der Waals surface area contributed by atoms with Crippen molar-refractivity contribution in [3.05, 3.63) is 62.0 Å². The van der Waals surface area contributed by atoms with E-state index in [9.17, 15) is 4.79 Å². The molecule has 98 valence electrons. The molecule has 0 spiro atoms. The Morgan fingerprint density at radius 1 is 1.21 bits per heavy atom. The number of nitrogens with two attached hydrogens (primary N) is 1. The summed E-state index contributed by atoms with van der Waals surface area (Å²) in [6.07, 6.45) is 3.21. The minimum absolute atomic E-state index is 0.0687. The molecule has 19 heavy (non-hydrogen) atoms. The van der Waals surface area contributed by atoms with Crippen molar-refractivity contribution in [2.75, 3.05) is 5.73 Å². The molecule has 3 rings (SSSR count). The number of hydrogen-bond donors (Lipinski definition) is 1. The normalized spacial score (nSPS) is 13.5. The topological polar surface area (TPSA) is 48.0 Å². The van der Waals surface area contributed by atoms with Gasteiger partial charge in [-0.25, -0.2) is 0 Å². The molecule has 0 radical (unpaired) electrons. The molecule has 1 aromatic carbocycles. The van der Waals surface area contributed by atoms with Crippen LogP contribution in [0.4, 0.5) is 5.69 Å². The molecule has 1 aromatic heterocycles. The van der Waals surface area contributed by atoms with E-state index in [1.165, 1.54) is 11.3 Å². The van der Waals surface area contributed by atoms with Gasteiger partial charge in [0, 0.05) is 21.9 Å². The van der Waals surface area contributed by atoms with Gasteiger partial charge in [-0.05, 0) is 48.6 Å². The molecule has 0 saturated heterocycles. The van der Waals surface area contributed by atoms with Gasteiger partial charge in [0.25, 0.3) is 5.56 Å². The lowest BCUT2D eigenvalue weighted by atomic mass is 10.1. The highest BCUT2D eigenvalue weighted by Gasteiger charge is 2.15. The van der Waals surface area contributed by atoms with Crippen LogP contribution in [-0.4, -0.2) is 4.57 Å². The summed E-state index contributed by atoms with van der Waals surface area (Å²) in [6.45, 7) is 0.589. The molecule has 0 fully saturated rings. The van der Waals surface area contributed by atoms with E-state index in [1.807, 2.05) is 28.8 Å². The van der Waals surface area contributed by atoms with E-state index in [0.717, 1.165) is 29.3 Å². The number of anilines is 1. The Hall–Kier alpha value is -1.55. The summed E-state index contributed by atoms with van der Waals surface area (Å²) in [5.41, 5.74) is 10.2. The number of nitrogen functional groups attached to an aromatic ring is 1. The van der Waals surface area contributed by atoms with Gasteiger partial charge in [-0.3, -0.25) is 4.79 Å². The molecule has 2 N–H and O–H groups in total.